The predicted molar refractivity (Wildman–Crippen MR) is 92.8 cm³/mol. The third kappa shape index (κ3) is 4.26. The van der Waals surface area contributed by atoms with Crippen LogP contribution in [0, 0.1) is 0 Å². The monoisotopic (exact) mass is 348 g/mol. The van der Waals surface area contributed by atoms with E-state index in [9.17, 15) is 18.6 Å². The Labute approximate surface area is 141 Å². The van der Waals surface area contributed by atoms with Crippen LogP contribution in [0.5, 0.6) is 11.5 Å². The molecule has 3 N–H and O–H groups in total. The largest absolute Gasteiger partial charge is 0.508 e. The van der Waals surface area contributed by atoms with E-state index in [2.05, 4.69) is 9.93 Å². The minimum absolute atomic E-state index is 0.0652. The van der Waals surface area contributed by atoms with Gasteiger partial charge in [-0.1, -0.05) is 32.9 Å². The topological polar surface area (TPSA) is 99.0 Å². The zero-order valence-corrected chi connectivity index (χ0v) is 14.5. The van der Waals surface area contributed by atoms with Gasteiger partial charge in [0.1, 0.15) is 11.5 Å². The highest BCUT2D eigenvalue weighted by molar-refractivity contribution is 7.89. The average molecular weight is 348 g/mol. The third-order valence-electron chi connectivity index (χ3n) is 3.42. The Hall–Kier alpha value is -2.54. The molecule has 24 heavy (non-hydrogen) atoms. The van der Waals surface area contributed by atoms with Crippen LogP contribution in [0.25, 0.3) is 0 Å². The molecule has 0 saturated heterocycles. The molecule has 0 fully saturated rings. The van der Waals surface area contributed by atoms with Crippen molar-refractivity contribution >= 4 is 16.2 Å². The second kappa shape index (κ2) is 6.52. The molecule has 0 atom stereocenters. The summed E-state index contributed by atoms with van der Waals surface area (Å²) in [4.78, 5) is 2.19. The molecule has 0 bridgehead atoms. The SMILES string of the molecule is CC(C)(C)c1ccc(S(=O)(=O)N/N=C/c2ccc(O)cc2O)cc1. The fraction of sp³-hybridized carbons (Fsp3) is 0.235. The van der Waals surface area contributed by atoms with Gasteiger partial charge in [0.05, 0.1) is 11.1 Å². The summed E-state index contributed by atoms with van der Waals surface area (Å²) in [7, 11) is -3.79. The van der Waals surface area contributed by atoms with E-state index in [1.165, 1.54) is 24.3 Å². The van der Waals surface area contributed by atoms with Gasteiger partial charge < -0.3 is 10.2 Å². The molecule has 0 aromatic heterocycles. The summed E-state index contributed by atoms with van der Waals surface area (Å²) in [5.41, 5.74) is 1.24. The van der Waals surface area contributed by atoms with Crippen molar-refractivity contribution in [3.63, 3.8) is 0 Å². The Balaban J connectivity index is 2.15. The van der Waals surface area contributed by atoms with Crippen LogP contribution in [0.15, 0.2) is 52.5 Å². The van der Waals surface area contributed by atoms with Crippen molar-refractivity contribution < 1.29 is 18.6 Å². The van der Waals surface area contributed by atoms with Crippen molar-refractivity contribution in [3.8, 4) is 11.5 Å². The lowest BCUT2D eigenvalue weighted by molar-refractivity contribution is 0.450. The first-order valence-electron chi connectivity index (χ1n) is 7.27. The molecule has 6 nitrogen and oxygen atoms in total. The summed E-state index contributed by atoms with van der Waals surface area (Å²) >= 11 is 0. The van der Waals surface area contributed by atoms with Crippen LogP contribution >= 0.6 is 0 Å². The summed E-state index contributed by atoms with van der Waals surface area (Å²) in [5.74, 6) is -0.295. The summed E-state index contributed by atoms with van der Waals surface area (Å²) in [6, 6.07) is 10.5. The van der Waals surface area contributed by atoms with E-state index < -0.39 is 10.0 Å². The first kappa shape index (κ1) is 17.8. The number of rotatable bonds is 4. The molecular weight excluding hydrogens is 328 g/mol. The Morgan fingerprint density at radius 1 is 1.04 bits per heavy atom. The molecule has 0 spiro atoms. The zero-order valence-electron chi connectivity index (χ0n) is 13.7. The summed E-state index contributed by atoms with van der Waals surface area (Å²) in [6.07, 6.45) is 1.16. The van der Waals surface area contributed by atoms with E-state index in [4.69, 9.17) is 0 Å². The van der Waals surface area contributed by atoms with Crippen LogP contribution in [0.3, 0.4) is 0 Å². The maximum absolute atomic E-state index is 12.2. The van der Waals surface area contributed by atoms with Crippen molar-refractivity contribution in [3.05, 3.63) is 53.6 Å². The van der Waals surface area contributed by atoms with E-state index in [1.54, 1.807) is 12.1 Å². The molecule has 0 aliphatic rings. The quantitative estimate of drug-likeness (QED) is 0.584. The molecule has 0 amide bonds. The number of hydrogen-bond donors (Lipinski definition) is 3. The van der Waals surface area contributed by atoms with E-state index in [0.29, 0.717) is 0 Å². The smallest absolute Gasteiger partial charge is 0.276 e. The van der Waals surface area contributed by atoms with E-state index in [1.807, 2.05) is 20.8 Å². The van der Waals surface area contributed by atoms with E-state index >= 15 is 0 Å². The first-order chi connectivity index (χ1) is 11.1. The lowest BCUT2D eigenvalue weighted by Gasteiger charge is -2.19. The molecule has 128 valence electrons. The fourth-order valence-electron chi connectivity index (χ4n) is 1.99. The maximum atomic E-state index is 12.2. The van der Waals surface area contributed by atoms with Gasteiger partial charge in [0, 0.05) is 11.6 Å². The number of hydrazone groups is 1. The van der Waals surface area contributed by atoms with E-state index in [0.717, 1.165) is 17.8 Å². The number of sulfonamides is 1. The van der Waals surface area contributed by atoms with Crippen LogP contribution in [-0.4, -0.2) is 24.8 Å². The van der Waals surface area contributed by atoms with Crippen LogP contribution in [-0.2, 0) is 15.4 Å². The molecule has 0 saturated carbocycles. The minimum Gasteiger partial charge on any atom is -0.508 e. The van der Waals surface area contributed by atoms with Crippen molar-refractivity contribution in [2.75, 3.05) is 0 Å². The van der Waals surface area contributed by atoms with Gasteiger partial charge in [0.15, 0.2) is 0 Å². The normalized spacial score (nSPS) is 12.5. The molecule has 2 aromatic rings. The van der Waals surface area contributed by atoms with Crippen molar-refractivity contribution in [2.24, 2.45) is 5.10 Å². The van der Waals surface area contributed by atoms with Gasteiger partial charge in [-0.05, 0) is 35.2 Å². The van der Waals surface area contributed by atoms with Gasteiger partial charge in [-0.15, -0.1) is 0 Å². The van der Waals surface area contributed by atoms with Crippen LogP contribution < -0.4 is 4.83 Å². The van der Waals surface area contributed by atoms with Gasteiger partial charge in [-0.25, -0.2) is 4.83 Å². The van der Waals surface area contributed by atoms with Gasteiger partial charge in [0.2, 0.25) is 0 Å². The summed E-state index contributed by atoms with van der Waals surface area (Å²) in [6.45, 7) is 6.13. The number of nitrogens with one attached hydrogen (secondary N) is 1. The Morgan fingerprint density at radius 2 is 1.67 bits per heavy atom. The Kier molecular flexibility index (Phi) is 4.84. The molecular formula is C17H20N2O4S. The number of aromatic hydroxyl groups is 2. The highest BCUT2D eigenvalue weighted by Crippen LogP contribution is 2.23. The minimum atomic E-state index is -3.79. The van der Waals surface area contributed by atoms with Crippen molar-refractivity contribution in [2.45, 2.75) is 31.1 Å². The molecule has 0 aliphatic carbocycles. The standard InChI is InChI=1S/C17H20N2O4S/c1-17(2,3)13-5-8-15(9-6-13)24(22,23)19-18-11-12-4-7-14(20)10-16(12)21/h4-11,19-21H,1-3H3/b18-11+. The molecule has 0 unspecified atom stereocenters. The second-order valence-electron chi connectivity index (χ2n) is 6.37. The number of nitrogens with zero attached hydrogens (tertiary/aromatic N) is 1. The van der Waals surface area contributed by atoms with Crippen LogP contribution in [0.4, 0.5) is 0 Å². The summed E-state index contributed by atoms with van der Waals surface area (Å²) in [5, 5.41) is 22.5. The lowest BCUT2D eigenvalue weighted by Crippen LogP contribution is -2.19. The van der Waals surface area contributed by atoms with E-state index in [-0.39, 0.29) is 27.4 Å². The lowest BCUT2D eigenvalue weighted by atomic mass is 9.87. The molecule has 2 rings (SSSR count). The highest BCUT2D eigenvalue weighted by Gasteiger charge is 2.17. The number of phenols is 2. The van der Waals surface area contributed by atoms with Crippen LogP contribution in [0.2, 0.25) is 0 Å². The van der Waals surface area contributed by atoms with Gasteiger partial charge in [0.25, 0.3) is 10.0 Å². The predicted octanol–water partition coefficient (Wildman–Crippen LogP) is 2.71. The highest BCUT2D eigenvalue weighted by atomic mass is 32.2. The summed E-state index contributed by atoms with van der Waals surface area (Å²) < 4.78 is 24.4. The molecule has 0 radical (unpaired) electrons. The molecule has 2 aromatic carbocycles. The van der Waals surface area contributed by atoms with Gasteiger partial charge in [-0.3, -0.25) is 0 Å². The average Bonchev–Trinajstić information content (AvgIpc) is 2.49. The van der Waals surface area contributed by atoms with Crippen LogP contribution in [0.1, 0.15) is 31.9 Å². The van der Waals surface area contributed by atoms with Gasteiger partial charge in [-0.2, -0.15) is 13.5 Å². The third-order valence-corrected chi connectivity index (χ3v) is 4.66. The zero-order chi connectivity index (χ0) is 18.0. The van der Waals surface area contributed by atoms with Gasteiger partial charge >= 0.3 is 0 Å². The molecule has 0 heterocycles. The number of phenolic OH excluding ortho intramolecular Hbond substituents is 2. The number of benzene rings is 2. The molecule has 0 aliphatic heterocycles. The Bertz CT molecular complexity index is 851. The Morgan fingerprint density at radius 3 is 2.21 bits per heavy atom. The fourth-order valence-corrected chi connectivity index (χ4v) is 2.78. The first-order valence-corrected chi connectivity index (χ1v) is 8.75. The van der Waals surface area contributed by atoms with Crippen molar-refractivity contribution in [1.82, 2.24) is 4.83 Å². The number of hydrogen-bond acceptors (Lipinski definition) is 5. The van der Waals surface area contributed by atoms with Crippen molar-refractivity contribution in [1.29, 1.82) is 0 Å². The molecule has 7 heteroatoms. The second-order valence-corrected chi connectivity index (χ2v) is 8.03. The maximum Gasteiger partial charge on any atom is 0.276 e.